The maximum Gasteiger partial charge on any atom is 0.229 e. The zero-order valence-corrected chi connectivity index (χ0v) is 17.1. The Hall–Kier alpha value is -2.55. The number of aromatic nitrogens is 6. The third-order valence-electron chi connectivity index (χ3n) is 4.41. The van der Waals surface area contributed by atoms with Crippen molar-refractivity contribution in [1.82, 2.24) is 29.7 Å². The minimum absolute atomic E-state index is 0.177. The Bertz CT molecular complexity index is 971. The molecule has 9 heteroatoms. The Morgan fingerprint density at radius 3 is 2.50 bits per heavy atom. The molecule has 7 nitrogen and oxygen atoms in total. The highest BCUT2D eigenvalue weighted by Crippen LogP contribution is 2.42. The van der Waals surface area contributed by atoms with Crippen molar-refractivity contribution in [1.29, 1.82) is 0 Å². The maximum atomic E-state index is 14.3. The summed E-state index contributed by atoms with van der Waals surface area (Å²) >= 11 is 1.35. The maximum absolute atomic E-state index is 14.3. The van der Waals surface area contributed by atoms with Crippen LogP contribution in [-0.2, 0) is 0 Å². The van der Waals surface area contributed by atoms with Gasteiger partial charge < -0.3 is 4.90 Å². The third-order valence-corrected chi connectivity index (χ3v) is 5.24. The fourth-order valence-electron chi connectivity index (χ4n) is 2.78. The average molecular weight is 399 g/mol. The van der Waals surface area contributed by atoms with Crippen LogP contribution in [0.1, 0.15) is 44.5 Å². The van der Waals surface area contributed by atoms with Crippen molar-refractivity contribution in [2.24, 2.45) is 0 Å². The number of nitrogens with zero attached hydrogens (tertiary/aromatic N) is 7. The average Bonchev–Trinajstić information content (AvgIpc) is 3.42. The molecule has 0 N–H and O–H groups in total. The van der Waals surface area contributed by atoms with Crippen LogP contribution in [0.5, 0.6) is 0 Å². The first-order valence-electron chi connectivity index (χ1n) is 9.25. The van der Waals surface area contributed by atoms with Crippen LogP contribution >= 0.6 is 11.8 Å². The Morgan fingerprint density at radius 1 is 1.11 bits per heavy atom. The van der Waals surface area contributed by atoms with E-state index < -0.39 is 0 Å². The highest BCUT2D eigenvalue weighted by molar-refractivity contribution is 7.99. The van der Waals surface area contributed by atoms with Crippen LogP contribution in [0.2, 0.25) is 0 Å². The number of hydrogen-bond donors (Lipinski definition) is 0. The number of halogens is 1. The van der Waals surface area contributed by atoms with E-state index in [-0.39, 0.29) is 17.8 Å². The molecule has 1 fully saturated rings. The van der Waals surface area contributed by atoms with Crippen molar-refractivity contribution in [2.45, 2.75) is 49.0 Å². The lowest BCUT2D eigenvalue weighted by Gasteiger charge is -2.14. The summed E-state index contributed by atoms with van der Waals surface area (Å²) < 4.78 is 16.3. The summed E-state index contributed by atoms with van der Waals surface area (Å²) in [5.74, 6) is 1.76. The minimum atomic E-state index is -0.300. The van der Waals surface area contributed by atoms with Crippen LogP contribution in [0.3, 0.4) is 0 Å². The molecule has 1 saturated carbocycles. The van der Waals surface area contributed by atoms with Gasteiger partial charge in [0, 0.05) is 26.1 Å². The van der Waals surface area contributed by atoms with Crippen molar-refractivity contribution in [2.75, 3.05) is 19.0 Å². The predicted molar refractivity (Wildman–Crippen MR) is 106 cm³/mol. The van der Waals surface area contributed by atoms with Gasteiger partial charge >= 0.3 is 0 Å². The summed E-state index contributed by atoms with van der Waals surface area (Å²) in [4.78, 5) is 15.5. The number of benzene rings is 1. The Balaban J connectivity index is 1.74. The number of anilines is 1. The summed E-state index contributed by atoms with van der Waals surface area (Å²) in [6.07, 6.45) is 2.06. The molecule has 4 rings (SSSR count). The van der Waals surface area contributed by atoms with E-state index >= 15 is 0 Å². The quantitative estimate of drug-likeness (QED) is 0.621. The fourth-order valence-corrected chi connectivity index (χ4v) is 3.63. The van der Waals surface area contributed by atoms with Gasteiger partial charge in [0.05, 0.1) is 5.56 Å². The molecular weight excluding hydrogens is 377 g/mol. The van der Waals surface area contributed by atoms with Gasteiger partial charge in [-0.05, 0) is 36.7 Å². The molecule has 2 heterocycles. The second-order valence-corrected chi connectivity index (χ2v) is 8.25. The molecule has 0 radical (unpaired) electrons. The van der Waals surface area contributed by atoms with Crippen LogP contribution in [0.15, 0.2) is 34.6 Å². The van der Waals surface area contributed by atoms with Crippen LogP contribution in [0, 0.1) is 5.82 Å². The van der Waals surface area contributed by atoms with Crippen molar-refractivity contribution < 1.29 is 4.39 Å². The molecule has 146 valence electrons. The van der Waals surface area contributed by atoms with E-state index in [1.54, 1.807) is 18.2 Å². The highest BCUT2D eigenvalue weighted by Gasteiger charge is 2.31. The van der Waals surface area contributed by atoms with Crippen LogP contribution in [-0.4, -0.2) is 43.8 Å². The van der Waals surface area contributed by atoms with Gasteiger partial charge in [0.2, 0.25) is 11.1 Å². The van der Waals surface area contributed by atoms with Crippen LogP contribution in [0.4, 0.5) is 10.3 Å². The number of rotatable bonds is 6. The first-order chi connectivity index (χ1) is 13.4. The van der Waals surface area contributed by atoms with E-state index in [0.29, 0.717) is 27.6 Å². The lowest BCUT2D eigenvalue weighted by molar-refractivity contribution is 0.622. The Kier molecular flexibility index (Phi) is 5.01. The first kappa shape index (κ1) is 18.8. The Labute approximate surface area is 167 Å². The van der Waals surface area contributed by atoms with Gasteiger partial charge in [-0.25, -0.2) is 9.37 Å². The van der Waals surface area contributed by atoms with Crippen molar-refractivity contribution in [3.05, 3.63) is 35.9 Å². The second-order valence-electron chi connectivity index (χ2n) is 7.31. The largest absolute Gasteiger partial charge is 0.347 e. The van der Waals surface area contributed by atoms with E-state index in [0.717, 1.165) is 18.7 Å². The van der Waals surface area contributed by atoms with E-state index in [2.05, 4.69) is 25.1 Å². The van der Waals surface area contributed by atoms with E-state index in [4.69, 9.17) is 0 Å². The first-order valence-corrected chi connectivity index (χ1v) is 10.1. The monoisotopic (exact) mass is 399 g/mol. The second kappa shape index (κ2) is 7.46. The van der Waals surface area contributed by atoms with E-state index in [9.17, 15) is 4.39 Å². The van der Waals surface area contributed by atoms with Crippen LogP contribution in [0.25, 0.3) is 11.4 Å². The molecule has 3 aromatic rings. The van der Waals surface area contributed by atoms with Crippen molar-refractivity contribution in [3.63, 3.8) is 0 Å². The highest BCUT2D eigenvalue weighted by atomic mass is 32.2. The molecule has 0 unspecified atom stereocenters. The molecule has 0 saturated heterocycles. The van der Waals surface area contributed by atoms with Gasteiger partial charge in [-0.15, -0.1) is 10.2 Å². The van der Waals surface area contributed by atoms with Gasteiger partial charge in [-0.2, -0.15) is 9.97 Å². The molecule has 28 heavy (non-hydrogen) atoms. The summed E-state index contributed by atoms with van der Waals surface area (Å²) in [5.41, 5.74) is 0.459. The van der Waals surface area contributed by atoms with E-state index in [1.807, 2.05) is 37.4 Å². The summed E-state index contributed by atoms with van der Waals surface area (Å²) in [7, 11) is 3.80. The molecule has 0 spiro atoms. The smallest absolute Gasteiger partial charge is 0.229 e. The molecular formula is C19H22FN7S. The lowest BCUT2D eigenvalue weighted by atomic mass is 10.2. The Morgan fingerprint density at radius 2 is 1.86 bits per heavy atom. The zero-order chi connectivity index (χ0) is 19.8. The summed E-state index contributed by atoms with van der Waals surface area (Å²) in [5, 5.41) is 9.86. The predicted octanol–water partition coefficient (Wildman–Crippen LogP) is 3.94. The summed E-state index contributed by atoms with van der Waals surface area (Å²) in [6, 6.07) is 6.94. The van der Waals surface area contributed by atoms with Crippen molar-refractivity contribution in [3.8, 4) is 11.4 Å². The van der Waals surface area contributed by atoms with Crippen LogP contribution < -0.4 is 4.90 Å². The van der Waals surface area contributed by atoms with Gasteiger partial charge in [-0.3, -0.25) is 4.57 Å². The van der Waals surface area contributed by atoms with Crippen molar-refractivity contribution >= 4 is 17.7 Å². The topological polar surface area (TPSA) is 72.6 Å². The lowest BCUT2D eigenvalue weighted by Crippen LogP contribution is -2.16. The van der Waals surface area contributed by atoms with Gasteiger partial charge in [-0.1, -0.05) is 26.0 Å². The zero-order valence-electron chi connectivity index (χ0n) is 16.3. The normalized spacial score (nSPS) is 13.9. The molecule has 0 bridgehead atoms. The fraction of sp³-hybridized carbons (Fsp3) is 0.421. The molecule has 1 aliphatic carbocycles. The summed E-state index contributed by atoms with van der Waals surface area (Å²) in [6.45, 7) is 4.10. The van der Waals surface area contributed by atoms with Gasteiger partial charge in [0.15, 0.2) is 11.0 Å². The molecule has 0 aliphatic heterocycles. The van der Waals surface area contributed by atoms with Gasteiger partial charge in [0.25, 0.3) is 0 Å². The number of hydrogen-bond acceptors (Lipinski definition) is 7. The standard InChI is InChI=1S/C19H22FN7S/c1-11(2)15-21-17(26(3)4)23-18(22-15)28-19-25-24-16(27(19)12-9-10-12)13-7-5-6-8-14(13)20/h5-8,11-12H,9-10H2,1-4H3. The molecule has 2 aromatic heterocycles. The molecule has 1 aliphatic rings. The SMILES string of the molecule is CC(C)c1nc(Sc2nnc(-c3ccccc3F)n2C2CC2)nc(N(C)C)n1. The molecule has 0 atom stereocenters. The molecule has 1 aromatic carbocycles. The third kappa shape index (κ3) is 3.71. The van der Waals surface area contributed by atoms with Gasteiger partial charge in [0.1, 0.15) is 11.6 Å². The molecule has 0 amide bonds. The minimum Gasteiger partial charge on any atom is -0.347 e. The van der Waals surface area contributed by atoms with E-state index in [1.165, 1.54) is 17.8 Å².